The van der Waals surface area contributed by atoms with E-state index in [4.69, 9.17) is 0 Å². The molecule has 0 heterocycles. The van der Waals surface area contributed by atoms with Crippen LogP contribution < -0.4 is 0 Å². The first kappa shape index (κ1) is 19.3. The van der Waals surface area contributed by atoms with Gasteiger partial charge in [0.05, 0.1) is 0 Å². The number of aromatic hydroxyl groups is 1. The highest BCUT2D eigenvalue weighted by Crippen LogP contribution is 2.39. The SMILES string of the molecule is CCCCCCCCCCc1cc(C)c(O)c(C2CCCCC2)c1. The Balaban J connectivity index is 1.79. The number of benzene rings is 1. The molecule has 1 fully saturated rings. The molecule has 0 aliphatic heterocycles. The predicted octanol–water partition coefficient (Wildman–Crippen LogP) is 7.43. The van der Waals surface area contributed by atoms with Gasteiger partial charge in [0.2, 0.25) is 0 Å². The minimum absolute atomic E-state index is 0.571. The second-order valence-corrected chi connectivity index (χ2v) is 7.91. The van der Waals surface area contributed by atoms with E-state index in [2.05, 4.69) is 26.0 Å². The van der Waals surface area contributed by atoms with Crippen molar-refractivity contribution in [3.05, 3.63) is 28.8 Å². The Labute approximate surface area is 149 Å². The summed E-state index contributed by atoms with van der Waals surface area (Å²) in [6.45, 7) is 4.35. The Kier molecular flexibility index (Phi) is 8.70. The average Bonchev–Trinajstić information content (AvgIpc) is 2.61. The molecule has 0 saturated heterocycles. The van der Waals surface area contributed by atoms with Crippen LogP contribution in [0.25, 0.3) is 0 Å². The summed E-state index contributed by atoms with van der Waals surface area (Å²) in [6.07, 6.45) is 18.7. The van der Waals surface area contributed by atoms with Crippen LogP contribution in [0.15, 0.2) is 12.1 Å². The highest BCUT2D eigenvalue weighted by atomic mass is 16.3. The van der Waals surface area contributed by atoms with Crippen molar-refractivity contribution in [2.75, 3.05) is 0 Å². The molecule has 1 nitrogen and oxygen atoms in total. The van der Waals surface area contributed by atoms with Crippen molar-refractivity contribution in [2.24, 2.45) is 0 Å². The number of phenolic OH excluding ortho intramolecular Hbond substituents is 1. The number of hydrogen-bond acceptors (Lipinski definition) is 1. The van der Waals surface area contributed by atoms with Crippen molar-refractivity contribution in [2.45, 2.75) is 110 Å². The van der Waals surface area contributed by atoms with E-state index in [0.717, 1.165) is 5.56 Å². The molecule has 0 unspecified atom stereocenters. The molecular weight excluding hydrogens is 292 g/mol. The van der Waals surface area contributed by atoms with Gasteiger partial charge in [0, 0.05) is 0 Å². The Morgan fingerprint density at radius 1 is 0.875 bits per heavy atom. The first-order valence-electron chi connectivity index (χ1n) is 10.5. The molecule has 24 heavy (non-hydrogen) atoms. The Bertz CT molecular complexity index is 471. The van der Waals surface area contributed by atoms with Crippen LogP contribution in [0.2, 0.25) is 0 Å². The molecule has 0 amide bonds. The third-order valence-corrected chi connectivity index (χ3v) is 5.75. The quantitative estimate of drug-likeness (QED) is 0.442. The fraction of sp³-hybridized carbons (Fsp3) is 0.739. The molecular formula is C23H38O. The van der Waals surface area contributed by atoms with Gasteiger partial charge >= 0.3 is 0 Å². The molecule has 1 aromatic carbocycles. The van der Waals surface area contributed by atoms with Crippen LogP contribution >= 0.6 is 0 Å². The molecule has 136 valence electrons. The first-order chi connectivity index (χ1) is 11.7. The number of aryl methyl sites for hydroxylation is 2. The monoisotopic (exact) mass is 330 g/mol. The van der Waals surface area contributed by atoms with Gasteiger partial charge in [-0.25, -0.2) is 0 Å². The minimum atomic E-state index is 0.571. The molecule has 0 spiro atoms. The lowest BCUT2D eigenvalue weighted by molar-refractivity contribution is 0.412. The summed E-state index contributed by atoms with van der Waals surface area (Å²) >= 11 is 0. The van der Waals surface area contributed by atoms with Crippen LogP contribution in [0.3, 0.4) is 0 Å². The molecule has 1 aliphatic carbocycles. The topological polar surface area (TPSA) is 20.2 Å². The maximum Gasteiger partial charge on any atom is 0.121 e. The number of hydrogen-bond donors (Lipinski definition) is 1. The van der Waals surface area contributed by atoms with Gasteiger partial charge in [0.1, 0.15) is 5.75 Å². The Morgan fingerprint density at radius 3 is 2.17 bits per heavy atom. The third-order valence-electron chi connectivity index (χ3n) is 5.75. The van der Waals surface area contributed by atoms with Crippen molar-refractivity contribution in [3.8, 4) is 5.75 Å². The largest absolute Gasteiger partial charge is 0.507 e. The number of phenols is 1. The molecule has 0 atom stereocenters. The van der Waals surface area contributed by atoms with E-state index in [1.165, 1.54) is 101 Å². The fourth-order valence-corrected chi connectivity index (χ4v) is 4.22. The second kappa shape index (κ2) is 10.8. The highest BCUT2D eigenvalue weighted by Gasteiger charge is 2.20. The van der Waals surface area contributed by atoms with E-state index < -0.39 is 0 Å². The Morgan fingerprint density at radius 2 is 1.50 bits per heavy atom. The normalized spacial score (nSPS) is 15.8. The number of rotatable bonds is 10. The minimum Gasteiger partial charge on any atom is -0.507 e. The Hall–Kier alpha value is -0.980. The first-order valence-corrected chi connectivity index (χ1v) is 10.5. The zero-order valence-corrected chi connectivity index (χ0v) is 16.1. The van der Waals surface area contributed by atoms with Crippen LogP contribution in [0, 0.1) is 6.92 Å². The highest BCUT2D eigenvalue weighted by molar-refractivity contribution is 5.45. The lowest BCUT2D eigenvalue weighted by atomic mass is 9.82. The zero-order chi connectivity index (χ0) is 17.2. The van der Waals surface area contributed by atoms with E-state index in [0.29, 0.717) is 11.7 Å². The van der Waals surface area contributed by atoms with E-state index in [1.807, 2.05) is 0 Å². The predicted molar refractivity (Wildman–Crippen MR) is 105 cm³/mol. The summed E-state index contributed by atoms with van der Waals surface area (Å²) in [7, 11) is 0. The van der Waals surface area contributed by atoms with Gasteiger partial charge in [0.25, 0.3) is 0 Å². The van der Waals surface area contributed by atoms with Crippen molar-refractivity contribution in [1.82, 2.24) is 0 Å². The summed E-state index contributed by atoms with van der Waals surface area (Å²) in [5.74, 6) is 1.16. The van der Waals surface area contributed by atoms with Gasteiger partial charge in [-0.2, -0.15) is 0 Å². The van der Waals surface area contributed by atoms with Gasteiger partial charge in [0.15, 0.2) is 0 Å². The fourth-order valence-electron chi connectivity index (χ4n) is 4.22. The smallest absolute Gasteiger partial charge is 0.121 e. The van der Waals surface area contributed by atoms with Crippen LogP contribution in [-0.4, -0.2) is 5.11 Å². The van der Waals surface area contributed by atoms with Gasteiger partial charge in [-0.1, -0.05) is 83.3 Å². The summed E-state index contributed by atoms with van der Waals surface area (Å²) in [5.41, 5.74) is 3.76. The molecule has 0 aromatic heterocycles. The molecule has 1 N–H and O–H groups in total. The lowest BCUT2D eigenvalue weighted by Gasteiger charge is -2.24. The molecule has 0 radical (unpaired) electrons. The summed E-state index contributed by atoms with van der Waals surface area (Å²) < 4.78 is 0. The van der Waals surface area contributed by atoms with Crippen LogP contribution in [0.4, 0.5) is 0 Å². The van der Waals surface area contributed by atoms with Crippen molar-refractivity contribution >= 4 is 0 Å². The van der Waals surface area contributed by atoms with E-state index >= 15 is 0 Å². The standard InChI is InChI=1S/C23H38O/c1-3-4-5-6-7-8-9-11-14-20-17-19(2)23(24)22(18-20)21-15-12-10-13-16-21/h17-18,21,24H,3-16H2,1-2H3. The van der Waals surface area contributed by atoms with Gasteiger partial charge in [-0.15, -0.1) is 0 Å². The average molecular weight is 331 g/mol. The second-order valence-electron chi connectivity index (χ2n) is 7.91. The molecule has 0 bridgehead atoms. The summed E-state index contributed by atoms with van der Waals surface area (Å²) in [4.78, 5) is 0. The maximum atomic E-state index is 10.5. The third kappa shape index (κ3) is 6.15. The molecule has 1 heteroatoms. The van der Waals surface area contributed by atoms with Crippen LogP contribution in [-0.2, 0) is 6.42 Å². The molecule has 1 aromatic rings. The van der Waals surface area contributed by atoms with E-state index in [1.54, 1.807) is 0 Å². The maximum absolute atomic E-state index is 10.5. The molecule has 2 rings (SSSR count). The van der Waals surface area contributed by atoms with Crippen LogP contribution in [0.5, 0.6) is 5.75 Å². The van der Waals surface area contributed by atoms with Gasteiger partial charge in [-0.3, -0.25) is 0 Å². The van der Waals surface area contributed by atoms with Gasteiger partial charge in [-0.05, 0) is 55.2 Å². The van der Waals surface area contributed by atoms with Crippen molar-refractivity contribution < 1.29 is 5.11 Å². The number of unbranched alkanes of at least 4 members (excludes halogenated alkanes) is 7. The summed E-state index contributed by atoms with van der Waals surface area (Å²) in [6, 6.07) is 4.53. The zero-order valence-electron chi connectivity index (χ0n) is 16.1. The molecule has 1 saturated carbocycles. The van der Waals surface area contributed by atoms with E-state index in [-0.39, 0.29) is 0 Å². The lowest BCUT2D eigenvalue weighted by Crippen LogP contribution is -2.06. The van der Waals surface area contributed by atoms with Crippen molar-refractivity contribution in [3.63, 3.8) is 0 Å². The van der Waals surface area contributed by atoms with E-state index in [9.17, 15) is 5.11 Å². The van der Waals surface area contributed by atoms with Crippen LogP contribution in [0.1, 0.15) is 113 Å². The van der Waals surface area contributed by atoms with Gasteiger partial charge < -0.3 is 5.11 Å². The molecule has 1 aliphatic rings. The van der Waals surface area contributed by atoms with Crippen molar-refractivity contribution in [1.29, 1.82) is 0 Å². The summed E-state index contributed by atoms with van der Waals surface area (Å²) in [5, 5.41) is 10.5.